The zero-order chi connectivity index (χ0) is 13.0. The van der Waals surface area contributed by atoms with Crippen molar-refractivity contribution >= 4 is 5.97 Å². The summed E-state index contributed by atoms with van der Waals surface area (Å²) >= 11 is 0. The zero-order valence-corrected chi connectivity index (χ0v) is 10.4. The molecule has 0 bridgehead atoms. The van der Waals surface area contributed by atoms with Crippen LogP contribution in [0.4, 0.5) is 0 Å². The van der Waals surface area contributed by atoms with Crippen LogP contribution >= 0.6 is 0 Å². The van der Waals surface area contributed by atoms with Gasteiger partial charge in [0.05, 0.1) is 5.56 Å². The van der Waals surface area contributed by atoms with E-state index in [1.807, 2.05) is 12.1 Å². The molecule has 4 heteroatoms. The Bertz CT molecular complexity index is 419. The lowest BCUT2D eigenvalue weighted by Gasteiger charge is -2.16. The van der Waals surface area contributed by atoms with E-state index in [1.165, 1.54) is 0 Å². The molecule has 1 aliphatic rings. The van der Waals surface area contributed by atoms with Crippen molar-refractivity contribution in [1.29, 1.82) is 0 Å². The SMILES string of the molecule is O=C(O)c1ccccc1C1CCN(CCCO)C1. The number of carbonyl (C=O) groups is 1. The van der Waals surface area contributed by atoms with Crippen LogP contribution < -0.4 is 0 Å². The van der Waals surface area contributed by atoms with Crippen molar-refractivity contribution in [2.45, 2.75) is 18.8 Å². The summed E-state index contributed by atoms with van der Waals surface area (Å²) in [7, 11) is 0. The van der Waals surface area contributed by atoms with Crippen LogP contribution in [-0.4, -0.2) is 47.3 Å². The topological polar surface area (TPSA) is 60.8 Å². The van der Waals surface area contributed by atoms with Gasteiger partial charge in [0.15, 0.2) is 0 Å². The van der Waals surface area contributed by atoms with E-state index >= 15 is 0 Å². The van der Waals surface area contributed by atoms with Gasteiger partial charge in [-0.05, 0) is 36.9 Å². The van der Waals surface area contributed by atoms with Crippen molar-refractivity contribution in [3.8, 4) is 0 Å². The smallest absolute Gasteiger partial charge is 0.335 e. The van der Waals surface area contributed by atoms with Crippen LogP contribution in [0.25, 0.3) is 0 Å². The second kappa shape index (κ2) is 5.98. The number of rotatable bonds is 5. The highest BCUT2D eigenvalue weighted by Gasteiger charge is 2.26. The molecule has 0 saturated carbocycles. The van der Waals surface area contributed by atoms with Crippen molar-refractivity contribution in [3.63, 3.8) is 0 Å². The van der Waals surface area contributed by atoms with E-state index in [4.69, 9.17) is 5.11 Å². The standard InChI is InChI=1S/C14H19NO3/c16-9-3-7-15-8-6-11(10-15)12-4-1-2-5-13(12)14(17)18/h1-2,4-5,11,16H,3,6-10H2,(H,17,18). The lowest BCUT2D eigenvalue weighted by Crippen LogP contribution is -2.22. The van der Waals surface area contributed by atoms with Crippen LogP contribution in [0.1, 0.15) is 34.7 Å². The lowest BCUT2D eigenvalue weighted by atomic mass is 9.93. The fourth-order valence-corrected chi connectivity index (χ4v) is 2.63. The van der Waals surface area contributed by atoms with Crippen molar-refractivity contribution in [2.75, 3.05) is 26.2 Å². The van der Waals surface area contributed by atoms with E-state index < -0.39 is 5.97 Å². The maximum absolute atomic E-state index is 11.2. The fraction of sp³-hybridized carbons (Fsp3) is 0.500. The molecule has 1 unspecified atom stereocenters. The number of aliphatic hydroxyl groups is 1. The lowest BCUT2D eigenvalue weighted by molar-refractivity contribution is 0.0695. The molecular weight excluding hydrogens is 230 g/mol. The third kappa shape index (κ3) is 2.89. The Balaban J connectivity index is 2.07. The molecule has 1 fully saturated rings. The summed E-state index contributed by atoms with van der Waals surface area (Å²) in [5, 5.41) is 18.0. The summed E-state index contributed by atoms with van der Waals surface area (Å²) in [4.78, 5) is 13.5. The van der Waals surface area contributed by atoms with Gasteiger partial charge in [0, 0.05) is 19.7 Å². The minimum Gasteiger partial charge on any atom is -0.478 e. The van der Waals surface area contributed by atoms with E-state index in [0.717, 1.165) is 38.0 Å². The van der Waals surface area contributed by atoms with Gasteiger partial charge in [0.25, 0.3) is 0 Å². The molecule has 1 aromatic rings. The maximum atomic E-state index is 11.2. The van der Waals surface area contributed by atoms with Crippen molar-refractivity contribution in [3.05, 3.63) is 35.4 Å². The van der Waals surface area contributed by atoms with Gasteiger partial charge in [0.2, 0.25) is 0 Å². The number of benzene rings is 1. The third-order valence-corrected chi connectivity index (χ3v) is 3.54. The average molecular weight is 249 g/mol. The number of aliphatic hydroxyl groups excluding tert-OH is 1. The number of hydrogen-bond donors (Lipinski definition) is 2. The predicted molar refractivity (Wildman–Crippen MR) is 68.9 cm³/mol. The van der Waals surface area contributed by atoms with E-state index in [0.29, 0.717) is 11.5 Å². The summed E-state index contributed by atoms with van der Waals surface area (Å²) in [6.45, 7) is 2.98. The number of nitrogens with zero attached hydrogens (tertiary/aromatic N) is 1. The van der Waals surface area contributed by atoms with Gasteiger partial charge in [-0.25, -0.2) is 4.79 Å². The molecule has 2 N–H and O–H groups in total. The number of aromatic carboxylic acids is 1. The summed E-state index contributed by atoms with van der Waals surface area (Å²) in [6, 6.07) is 7.27. The second-order valence-electron chi connectivity index (χ2n) is 4.76. The maximum Gasteiger partial charge on any atom is 0.335 e. The molecule has 0 amide bonds. The Labute approximate surface area is 107 Å². The summed E-state index contributed by atoms with van der Waals surface area (Å²) in [5.74, 6) is -0.546. The van der Waals surface area contributed by atoms with Crippen LogP contribution in [-0.2, 0) is 0 Å². The first-order chi connectivity index (χ1) is 8.72. The monoisotopic (exact) mass is 249 g/mol. The predicted octanol–water partition coefficient (Wildman–Crippen LogP) is 1.56. The Morgan fingerprint density at radius 3 is 2.89 bits per heavy atom. The highest BCUT2D eigenvalue weighted by atomic mass is 16.4. The number of likely N-dealkylation sites (tertiary alicyclic amines) is 1. The van der Waals surface area contributed by atoms with Gasteiger partial charge in [-0.1, -0.05) is 18.2 Å². The molecule has 4 nitrogen and oxygen atoms in total. The first kappa shape index (κ1) is 13.1. The zero-order valence-electron chi connectivity index (χ0n) is 10.4. The summed E-state index contributed by atoms with van der Waals surface area (Å²) < 4.78 is 0. The van der Waals surface area contributed by atoms with Gasteiger partial charge in [-0.2, -0.15) is 0 Å². The Morgan fingerprint density at radius 2 is 2.17 bits per heavy atom. The van der Waals surface area contributed by atoms with Crippen molar-refractivity contribution < 1.29 is 15.0 Å². The van der Waals surface area contributed by atoms with Crippen LogP contribution in [0, 0.1) is 0 Å². The minimum atomic E-state index is -0.848. The molecule has 2 rings (SSSR count). The van der Waals surface area contributed by atoms with Gasteiger partial charge in [-0.3, -0.25) is 0 Å². The highest BCUT2D eigenvalue weighted by Crippen LogP contribution is 2.29. The quantitative estimate of drug-likeness (QED) is 0.831. The molecule has 18 heavy (non-hydrogen) atoms. The molecule has 98 valence electrons. The fourth-order valence-electron chi connectivity index (χ4n) is 2.63. The molecule has 0 radical (unpaired) electrons. The Kier molecular flexibility index (Phi) is 4.33. The van der Waals surface area contributed by atoms with Crippen molar-refractivity contribution in [2.24, 2.45) is 0 Å². The minimum absolute atomic E-state index is 0.215. The first-order valence-electron chi connectivity index (χ1n) is 6.38. The molecule has 0 spiro atoms. The molecular formula is C14H19NO3. The second-order valence-corrected chi connectivity index (χ2v) is 4.76. The molecule has 0 aliphatic carbocycles. The molecule has 1 heterocycles. The van der Waals surface area contributed by atoms with Crippen LogP contribution in [0.15, 0.2) is 24.3 Å². The molecule has 1 aromatic carbocycles. The van der Waals surface area contributed by atoms with Crippen LogP contribution in [0.3, 0.4) is 0 Å². The summed E-state index contributed by atoms with van der Waals surface area (Å²) in [6.07, 6.45) is 1.78. The molecule has 1 saturated heterocycles. The molecule has 1 aliphatic heterocycles. The van der Waals surface area contributed by atoms with E-state index in [2.05, 4.69) is 4.90 Å². The highest BCUT2D eigenvalue weighted by molar-refractivity contribution is 5.89. The Hall–Kier alpha value is -1.39. The van der Waals surface area contributed by atoms with Crippen LogP contribution in [0.5, 0.6) is 0 Å². The largest absolute Gasteiger partial charge is 0.478 e. The third-order valence-electron chi connectivity index (χ3n) is 3.54. The molecule has 0 aromatic heterocycles. The van der Waals surface area contributed by atoms with Crippen LogP contribution in [0.2, 0.25) is 0 Å². The van der Waals surface area contributed by atoms with Gasteiger partial charge < -0.3 is 15.1 Å². The Morgan fingerprint density at radius 1 is 1.39 bits per heavy atom. The van der Waals surface area contributed by atoms with E-state index in [9.17, 15) is 9.90 Å². The normalized spacial score (nSPS) is 20.2. The van der Waals surface area contributed by atoms with Gasteiger partial charge in [-0.15, -0.1) is 0 Å². The summed E-state index contributed by atoms with van der Waals surface area (Å²) in [5.41, 5.74) is 1.36. The first-order valence-corrected chi connectivity index (χ1v) is 6.38. The van der Waals surface area contributed by atoms with Gasteiger partial charge >= 0.3 is 5.97 Å². The van der Waals surface area contributed by atoms with Gasteiger partial charge in [0.1, 0.15) is 0 Å². The van der Waals surface area contributed by atoms with E-state index in [-0.39, 0.29) is 6.61 Å². The van der Waals surface area contributed by atoms with Crippen molar-refractivity contribution in [1.82, 2.24) is 4.90 Å². The average Bonchev–Trinajstić information content (AvgIpc) is 2.85. The van der Waals surface area contributed by atoms with E-state index in [1.54, 1.807) is 12.1 Å². The molecule has 1 atom stereocenters. The number of carboxylic acids is 1. The number of hydrogen-bond acceptors (Lipinski definition) is 3. The number of carboxylic acid groups (broad SMARTS) is 1.